The van der Waals surface area contributed by atoms with E-state index in [-0.39, 0.29) is 5.91 Å². The van der Waals surface area contributed by atoms with E-state index < -0.39 is 6.04 Å². The predicted molar refractivity (Wildman–Crippen MR) is 64.3 cm³/mol. The molecule has 0 bridgehead atoms. The molecule has 5 heteroatoms. The third-order valence-corrected chi connectivity index (χ3v) is 2.37. The Morgan fingerprint density at radius 2 is 2.00 bits per heavy atom. The van der Waals surface area contributed by atoms with Crippen LogP contribution in [0.25, 0.3) is 0 Å². The minimum absolute atomic E-state index is 0.327. The molecule has 1 amide bonds. The van der Waals surface area contributed by atoms with Crippen LogP contribution in [0.4, 0.5) is 0 Å². The van der Waals surface area contributed by atoms with E-state index in [0.717, 1.165) is 0 Å². The van der Waals surface area contributed by atoms with Crippen molar-refractivity contribution in [2.45, 2.75) is 6.04 Å². The average Bonchev–Trinajstić information content (AvgIpc) is 2.46. The van der Waals surface area contributed by atoms with Crippen molar-refractivity contribution in [3.8, 4) is 6.07 Å². The molecule has 5 nitrogen and oxygen atoms in total. The van der Waals surface area contributed by atoms with Crippen molar-refractivity contribution in [1.29, 1.82) is 5.26 Å². The van der Waals surface area contributed by atoms with Crippen LogP contribution in [-0.4, -0.2) is 15.9 Å². The molecule has 0 saturated carbocycles. The highest BCUT2D eigenvalue weighted by Crippen LogP contribution is 2.11. The fourth-order valence-corrected chi connectivity index (χ4v) is 1.46. The van der Waals surface area contributed by atoms with Gasteiger partial charge in [0.15, 0.2) is 0 Å². The number of carbonyl (C=O) groups is 1. The molecule has 1 unspecified atom stereocenters. The summed E-state index contributed by atoms with van der Waals surface area (Å²) in [4.78, 5) is 19.6. The van der Waals surface area contributed by atoms with E-state index in [1.165, 1.54) is 6.20 Å². The van der Waals surface area contributed by atoms with Crippen LogP contribution < -0.4 is 5.32 Å². The number of hydrogen-bond acceptors (Lipinski definition) is 4. The molecule has 2 heterocycles. The third-order valence-electron chi connectivity index (χ3n) is 2.37. The largest absolute Gasteiger partial charge is 0.332 e. The lowest BCUT2D eigenvalue weighted by Gasteiger charge is -2.11. The lowest BCUT2D eigenvalue weighted by molar-refractivity contribution is 0.0945. The van der Waals surface area contributed by atoms with E-state index in [1.807, 2.05) is 6.07 Å². The number of nitriles is 1. The van der Waals surface area contributed by atoms with Gasteiger partial charge in [-0.15, -0.1) is 0 Å². The van der Waals surface area contributed by atoms with E-state index in [0.29, 0.717) is 11.1 Å². The second kappa shape index (κ2) is 5.55. The van der Waals surface area contributed by atoms with E-state index in [2.05, 4.69) is 15.3 Å². The lowest BCUT2D eigenvalue weighted by atomic mass is 10.1. The fourth-order valence-electron chi connectivity index (χ4n) is 1.46. The number of carbonyl (C=O) groups excluding carboxylic acids is 1. The highest BCUT2D eigenvalue weighted by molar-refractivity contribution is 5.94. The van der Waals surface area contributed by atoms with Gasteiger partial charge in [-0.05, 0) is 29.8 Å². The Morgan fingerprint density at radius 1 is 1.22 bits per heavy atom. The molecular formula is C13H10N4O. The zero-order valence-corrected chi connectivity index (χ0v) is 9.45. The van der Waals surface area contributed by atoms with Crippen molar-refractivity contribution in [2.24, 2.45) is 0 Å². The first-order valence-electron chi connectivity index (χ1n) is 5.31. The summed E-state index contributed by atoms with van der Waals surface area (Å²) in [5.74, 6) is -0.327. The predicted octanol–water partition coefficient (Wildman–Crippen LogP) is 1.47. The lowest BCUT2D eigenvalue weighted by Crippen LogP contribution is -2.27. The van der Waals surface area contributed by atoms with Gasteiger partial charge in [0, 0.05) is 24.8 Å². The first-order valence-corrected chi connectivity index (χ1v) is 5.31. The van der Waals surface area contributed by atoms with Gasteiger partial charge >= 0.3 is 0 Å². The summed E-state index contributed by atoms with van der Waals surface area (Å²) in [6.07, 6.45) is 6.20. The first-order chi connectivity index (χ1) is 8.81. The van der Waals surface area contributed by atoms with Crippen molar-refractivity contribution in [2.75, 3.05) is 0 Å². The van der Waals surface area contributed by atoms with Gasteiger partial charge in [-0.3, -0.25) is 14.8 Å². The Labute approximate surface area is 104 Å². The summed E-state index contributed by atoms with van der Waals surface area (Å²) in [5.41, 5.74) is 1.12. The molecule has 0 radical (unpaired) electrons. The third kappa shape index (κ3) is 2.68. The average molecular weight is 238 g/mol. The Morgan fingerprint density at radius 3 is 2.61 bits per heavy atom. The number of nitrogens with zero attached hydrogens (tertiary/aromatic N) is 3. The van der Waals surface area contributed by atoms with Crippen molar-refractivity contribution < 1.29 is 4.79 Å². The standard InChI is InChI=1S/C13H10N4O/c14-8-12(10-3-6-15-7-4-10)17-13(18)11-2-1-5-16-9-11/h1-7,9,12H,(H,17,18). The molecule has 88 valence electrons. The fraction of sp³-hybridized carbons (Fsp3) is 0.0769. The molecule has 0 fully saturated rings. The Bertz CT molecular complexity index is 563. The quantitative estimate of drug-likeness (QED) is 0.878. The highest BCUT2D eigenvalue weighted by atomic mass is 16.1. The molecule has 0 aliphatic rings. The maximum atomic E-state index is 11.9. The van der Waals surface area contributed by atoms with Crippen molar-refractivity contribution in [3.05, 3.63) is 60.2 Å². The molecule has 0 aromatic carbocycles. The Balaban J connectivity index is 2.14. The van der Waals surface area contributed by atoms with Gasteiger partial charge in [0.05, 0.1) is 11.6 Å². The van der Waals surface area contributed by atoms with Crippen LogP contribution in [0.3, 0.4) is 0 Å². The first kappa shape index (κ1) is 11.7. The molecule has 2 aromatic rings. The molecular weight excluding hydrogens is 228 g/mol. The minimum atomic E-state index is -0.694. The van der Waals surface area contributed by atoms with Crippen LogP contribution in [0.15, 0.2) is 49.1 Å². The van der Waals surface area contributed by atoms with E-state index in [9.17, 15) is 4.79 Å². The number of hydrogen-bond donors (Lipinski definition) is 1. The number of rotatable bonds is 3. The zero-order valence-electron chi connectivity index (χ0n) is 9.45. The van der Waals surface area contributed by atoms with Gasteiger partial charge in [-0.2, -0.15) is 5.26 Å². The van der Waals surface area contributed by atoms with Gasteiger partial charge in [0.2, 0.25) is 0 Å². The summed E-state index contributed by atoms with van der Waals surface area (Å²) >= 11 is 0. The molecule has 1 N–H and O–H groups in total. The van der Waals surface area contributed by atoms with E-state index in [4.69, 9.17) is 5.26 Å². The summed E-state index contributed by atoms with van der Waals surface area (Å²) in [7, 11) is 0. The summed E-state index contributed by atoms with van der Waals surface area (Å²) in [6, 6.07) is 8.04. The number of pyridine rings is 2. The molecule has 2 rings (SSSR count). The molecule has 0 aliphatic carbocycles. The van der Waals surface area contributed by atoms with Crippen molar-refractivity contribution in [3.63, 3.8) is 0 Å². The van der Waals surface area contributed by atoms with Crippen LogP contribution in [0.1, 0.15) is 22.0 Å². The minimum Gasteiger partial charge on any atom is -0.332 e. The van der Waals surface area contributed by atoms with Crippen LogP contribution in [0.2, 0.25) is 0 Å². The highest BCUT2D eigenvalue weighted by Gasteiger charge is 2.14. The molecule has 0 spiro atoms. The van der Waals surface area contributed by atoms with Crippen molar-refractivity contribution in [1.82, 2.24) is 15.3 Å². The van der Waals surface area contributed by atoms with E-state index in [1.54, 1.807) is 42.9 Å². The molecule has 18 heavy (non-hydrogen) atoms. The topological polar surface area (TPSA) is 78.7 Å². The second-order valence-corrected chi connectivity index (χ2v) is 3.56. The molecule has 0 saturated heterocycles. The second-order valence-electron chi connectivity index (χ2n) is 3.56. The number of aromatic nitrogens is 2. The van der Waals surface area contributed by atoms with Crippen LogP contribution in [-0.2, 0) is 0 Å². The number of nitrogens with one attached hydrogen (secondary N) is 1. The Hall–Kier alpha value is -2.74. The van der Waals surface area contributed by atoms with Gasteiger partial charge in [0.1, 0.15) is 6.04 Å². The van der Waals surface area contributed by atoms with Crippen LogP contribution in [0, 0.1) is 11.3 Å². The molecule has 0 aliphatic heterocycles. The van der Waals surface area contributed by atoms with Gasteiger partial charge < -0.3 is 5.32 Å². The summed E-state index contributed by atoms with van der Waals surface area (Å²) < 4.78 is 0. The SMILES string of the molecule is N#CC(NC(=O)c1cccnc1)c1ccncc1. The van der Waals surface area contributed by atoms with Crippen LogP contribution >= 0.6 is 0 Å². The van der Waals surface area contributed by atoms with Gasteiger partial charge in [-0.25, -0.2) is 0 Å². The van der Waals surface area contributed by atoms with Crippen LogP contribution in [0.5, 0.6) is 0 Å². The van der Waals surface area contributed by atoms with E-state index >= 15 is 0 Å². The number of amides is 1. The summed E-state index contributed by atoms with van der Waals surface area (Å²) in [5, 5.41) is 11.7. The van der Waals surface area contributed by atoms with Gasteiger partial charge in [0.25, 0.3) is 5.91 Å². The maximum absolute atomic E-state index is 11.9. The van der Waals surface area contributed by atoms with Gasteiger partial charge in [-0.1, -0.05) is 0 Å². The molecule has 1 atom stereocenters. The molecule has 2 aromatic heterocycles. The normalized spacial score (nSPS) is 11.3. The summed E-state index contributed by atoms with van der Waals surface area (Å²) in [6.45, 7) is 0. The maximum Gasteiger partial charge on any atom is 0.254 e. The van der Waals surface area contributed by atoms with Crippen molar-refractivity contribution >= 4 is 5.91 Å². The monoisotopic (exact) mass is 238 g/mol. The zero-order chi connectivity index (χ0) is 12.8. The Kier molecular flexibility index (Phi) is 3.62. The smallest absolute Gasteiger partial charge is 0.254 e.